The molecule has 0 saturated carbocycles. The molecule has 1 fully saturated rings. The smallest absolute Gasteiger partial charge is 0.344 e. The zero-order valence-electron chi connectivity index (χ0n) is 15.0. The number of carbonyl (C=O) groups is 2. The van der Waals surface area contributed by atoms with Crippen LogP contribution in [0.1, 0.15) is 15.9 Å². The number of amides is 2. The number of hydrogen-bond donors (Lipinski definition) is 4. The molecule has 1 aliphatic heterocycles. The maximum atomic E-state index is 12.1. The molecule has 3 rings (SSSR count). The molecule has 156 valence electrons. The van der Waals surface area contributed by atoms with Crippen LogP contribution in [0.2, 0.25) is 10.0 Å². The number of carbonyl (C=O) groups excluding carboxylic acids is 1. The first-order chi connectivity index (χ1) is 14.0. The second-order valence-electron chi connectivity index (χ2n) is 6.03. The van der Waals surface area contributed by atoms with Crippen LogP contribution in [0.25, 0.3) is 0 Å². The predicted molar refractivity (Wildman–Crippen MR) is 109 cm³/mol. The Morgan fingerprint density at radius 1 is 1.41 bits per heavy atom. The van der Waals surface area contributed by atoms with Gasteiger partial charge in [-0.15, -0.1) is 0 Å². The van der Waals surface area contributed by atoms with Crippen LogP contribution >= 0.6 is 34.7 Å². The quantitative estimate of drug-likeness (QED) is 0.500. The van der Waals surface area contributed by atoms with E-state index in [1.54, 1.807) is 18.2 Å². The summed E-state index contributed by atoms with van der Waals surface area (Å²) in [6, 6.07) is 4.48. The summed E-state index contributed by atoms with van der Waals surface area (Å²) in [5.41, 5.74) is 0.343. The zero-order chi connectivity index (χ0) is 20.8. The van der Waals surface area contributed by atoms with Crippen LogP contribution in [0.5, 0.6) is 5.88 Å². The van der Waals surface area contributed by atoms with E-state index in [2.05, 4.69) is 20.3 Å². The van der Waals surface area contributed by atoms with Crippen molar-refractivity contribution in [1.82, 2.24) is 15.0 Å². The molecule has 0 bridgehead atoms. The van der Waals surface area contributed by atoms with Crippen molar-refractivity contribution >= 4 is 51.7 Å². The lowest BCUT2D eigenvalue weighted by atomic mass is 10.2. The summed E-state index contributed by atoms with van der Waals surface area (Å²) in [6.45, 7) is 2.24. The molecule has 9 nitrogen and oxygen atoms in total. The molecule has 0 radical (unpaired) electrons. The third kappa shape index (κ3) is 5.71. The van der Waals surface area contributed by atoms with Gasteiger partial charge < -0.3 is 25.2 Å². The van der Waals surface area contributed by atoms with Crippen LogP contribution in [0.4, 0.5) is 9.80 Å². The number of anilines is 1. The van der Waals surface area contributed by atoms with Crippen molar-refractivity contribution in [3.8, 4) is 5.88 Å². The van der Waals surface area contributed by atoms with Crippen LogP contribution < -0.4 is 20.7 Å². The maximum Gasteiger partial charge on any atom is 0.344 e. The highest BCUT2D eigenvalue weighted by Crippen LogP contribution is 2.32. The average molecular weight is 461 g/mol. The summed E-state index contributed by atoms with van der Waals surface area (Å²) in [7, 11) is 0. The highest BCUT2D eigenvalue weighted by molar-refractivity contribution is 7.11. The molecule has 1 aliphatic rings. The molecule has 1 unspecified atom stereocenters. The van der Waals surface area contributed by atoms with Gasteiger partial charge in [0, 0.05) is 25.2 Å². The van der Waals surface area contributed by atoms with Crippen LogP contribution in [-0.2, 0) is 11.3 Å². The molecule has 12 heteroatoms. The molecular formula is C17H18Cl2N4O5S. The van der Waals surface area contributed by atoms with Gasteiger partial charge in [-0.1, -0.05) is 35.3 Å². The largest absolute Gasteiger partial charge is 0.477 e. The van der Waals surface area contributed by atoms with Gasteiger partial charge in [-0.3, -0.25) is 5.32 Å². The van der Waals surface area contributed by atoms with E-state index in [4.69, 9.17) is 32.7 Å². The van der Waals surface area contributed by atoms with Crippen molar-refractivity contribution in [2.24, 2.45) is 0 Å². The van der Waals surface area contributed by atoms with E-state index >= 15 is 0 Å². The molecule has 4 N–H and O–H groups in total. The van der Waals surface area contributed by atoms with Gasteiger partial charge in [-0.2, -0.15) is 4.37 Å². The molecule has 29 heavy (non-hydrogen) atoms. The van der Waals surface area contributed by atoms with Crippen LogP contribution in [0.15, 0.2) is 18.2 Å². The predicted octanol–water partition coefficient (Wildman–Crippen LogP) is 2.84. The summed E-state index contributed by atoms with van der Waals surface area (Å²) in [4.78, 5) is 23.8. The van der Waals surface area contributed by atoms with E-state index in [0.29, 0.717) is 28.8 Å². The van der Waals surface area contributed by atoms with Gasteiger partial charge in [-0.05, 0) is 17.6 Å². The van der Waals surface area contributed by atoms with Crippen molar-refractivity contribution in [2.45, 2.75) is 12.7 Å². The van der Waals surface area contributed by atoms with Gasteiger partial charge in [-0.25, -0.2) is 9.59 Å². The lowest BCUT2D eigenvalue weighted by molar-refractivity contribution is 0.0310. The molecule has 1 aromatic heterocycles. The molecule has 0 aliphatic carbocycles. The van der Waals surface area contributed by atoms with E-state index in [1.165, 1.54) is 0 Å². The van der Waals surface area contributed by atoms with Crippen molar-refractivity contribution in [2.75, 3.05) is 31.6 Å². The first kappa shape index (κ1) is 21.6. The van der Waals surface area contributed by atoms with Crippen LogP contribution in [0, 0.1) is 0 Å². The van der Waals surface area contributed by atoms with E-state index < -0.39 is 12.0 Å². The fraction of sp³-hybridized carbons (Fsp3) is 0.353. The fourth-order valence-electron chi connectivity index (χ4n) is 2.56. The van der Waals surface area contributed by atoms with Crippen molar-refractivity contribution < 1.29 is 24.2 Å². The Morgan fingerprint density at radius 2 is 2.24 bits per heavy atom. The molecule has 2 heterocycles. The highest BCUT2D eigenvalue weighted by Gasteiger charge is 2.24. The summed E-state index contributed by atoms with van der Waals surface area (Å²) in [5.74, 6) is -1.39. The molecule has 1 saturated heterocycles. The number of benzene rings is 1. The van der Waals surface area contributed by atoms with Gasteiger partial charge in [0.05, 0.1) is 22.8 Å². The van der Waals surface area contributed by atoms with E-state index in [1.807, 2.05) is 0 Å². The van der Waals surface area contributed by atoms with Crippen molar-refractivity contribution in [3.05, 3.63) is 39.4 Å². The van der Waals surface area contributed by atoms with Crippen molar-refractivity contribution in [3.63, 3.8) is 0 Å². The second-order valence-corrected chi connectivity index (χ2v) is 7.59. The highest BCUT2D eigenvalue weighted by atomic mass is 35.5. The van der Waals surface area contributed by atoms with Crippen molar-refractivity contribution in [1.29, 1.82) is 0 Å². The minimum absolute atomic E-state index is 0.0267. The summed E-state index contributed by atoms with van der Waals surface area (Å²) in [6.07, 6.45) is -0.142. The lowest BCUT2D eigenvalue weighted by Gasteiger charge is -2.23. The lowest BCUT2D eigenvalue weighted by Crippen LogP contribution is -2.46. The first-order valence-corrected chi connectivity index (χ1v) is 10.1. The number of ether oxygens (including phenoxy) is 2. The number of halogens is 2. The van der Waals surface area contributed by atoms with E-state index in [0.717, 1.165) is 18.1 Å². The molecule has 0 spiro atoms. The molecule has 1 aromatic carbocycles. The SMILES string of the molecule is O=C(NCC1CNCCO1)Nc1snc(OCc2cccc(Cl)c2Cl)c1C(=O)O. The topological polar surface area (TPSA) is 122 Å². The van der Waals surface area contributed by atoms with Crippen LogP contribution in [0.3, 0.4) is 0 Å². The Morgan fingerprint density at radius 3 is 2.97 bits per heavy atom. The van der Waals surface area contributed by atoms with Gasteiger partial charge in [0.25, 0.3) is 0 Å². The number of rotatable bonds is 7. The number of morpholine rings is 1. The van der Waals surface area contributed by atoms with Gasteiger partial charge in [0.2, 0.25) is 5.88 Å². The zero-order valence-corrected chi connectivity index (χ0v) is 17.4. The third-order valence-corrected chi connectivity index (χ3v) is 5.60. The Kier molecular flexibility index (Phi) is 7.51. The standard InChI is InChI=1S/C17H18Cl2N4O5S/c18-11-3-1-2-9(13(11)19)8-28-14-12(16(24)25)15(29-23-14)22-17(26)21-7-10-6-20-4-5-27-10/h1-3,10,20H,4-8H2,(H,24,25)(H2,21,22,26). The number of nitrogens with zero attached hydrogens (tertiary/aromatic N) is 1. The number of carboxylic acids is 1. The Balaban J connectivity index is 1.62. The van der Waals surface area contributed by atoms with Gasteiger partial charge in [0.1, 0.15) is 11.6 Å². The minimum Gasteiger partial charge on any atom is -0.477 e. The summed E-state index contributed by atoms with van der Waals surface area (Å²) >= 11 is 12.9. The fourth-order valence-corrected chi connectivity index (χ4v) is 3.66. The average Bonchev–Trinajstić information content (AvgIpc) is 3.11. The summed E-state index contributed by atoms with van der Waals surface area (Å²) < 4.78 is 15.0. The number of aromatic nitrogens is 1. The molecule has 2 amide bonds. The Bertz CT molecular complexity index is 889. The maximum absolute atomic E-state index is 12.1. The number of urea groups is 1. The molecular weight excluding hydrogens is 443 g/mol. The molecule has 1 atom stereocenters. The first-order valence-electron chi connectivity index (χ1n) is 8.61. The van der Waals surface area contributed by atoms with E-state index in [9.17, 15) is 14.7 Å². The number of hydrogen-bond acceptors (Lipinski definition) is 7. The van der Waals surface area contributed by atoms with Crippen LogP contribution in [-0.4, -0.2) is 53.8 Å². The second kappa shape index (κ2) is 10.1. The molecule has 2 aromatic rings. The summed E-state index contributed by atoms with van der Waals surface area (Å²) in [5, 5.41) is 18.5. The van der Waals surface area contributed by atoms with Gasteiger partial charge >= 0.3 is 12.0 Å². The number of aromatic carboxylic acids is 1. The van der Waals surface area contributed by atoms with E-state index in [-0.39, 0.29) is 35.7 Å². The number of carboxylic acid groups (broad SMARTS) is 1. The number of nitrogens with one attached hydrogen (secondary N) is 3. The monoisotopic (exact) mass is 460 g/mol. The van der Waals surface area contributed by atoms with Gasteiger partial charge in [0.15, 0.2) is 5.56 Å². The minimum atomic E-state index is -1.28. The Hall–Kier alpha value is -2.11. The third-order valence-electron chi connectivity index (χ3n) is 3.99. The normalized spacial score (nSPS) is 16.3. The Labute approximate surface area is 180 Å².